The van der Waals surface area contributed by atoms with Gasteiger partial charge in [0, 0.05) is 23.9 Å². The number of hydrogen-bond donors (Lipinski definition) is 4. The third-order valence-electron chi connectivity index (χ3n) is 2.76. The zero-order chi connectivity index (χ0) is 15.5. The predicted molar refractivity (Wildman–Crippen MR) is 75.0 cm³/mol. The Morgan fingerprint density at radius 3 is 2.86 bits per heavy atom. The number of nitrogens with zero attached hydrogens (tertiary/aromatic N) is 1. The molecule has 2 rings (SSSR count). The van der Waals surface area contributed by atoms with Crippen LogP contribution in [0.5, 0.6) is 5.75 Å². The Morgan fingerprint density at radius 2 is 2.24 bits per heavy atom. The Morgan fingerprint density at radius 1 is 1.48 bits per heavy atom. The highest BCUT2D eigenvalue weighted by Gasteiger charge is 2.32. The lowest BCUT2D eigenvalue weighted by molar-refractivity contribution is 0.0125. The third kappa shape index (κ3) is 4.04. The first kappa shape index (κ1) is 15.0. The van der Waals surface area contributed by atoms with Gasteiger partial charge in [-0.05, 0) is 19.1 Å². The Bertz CT molecular complexity index is 575. The van der Waals surface area contributed by atoms with E-state index in [9.17, 15) is 18.7 Å². The number of carbonyl (C=O) groups excluding carboxylic acids is 1. The number of phenols is 1. The van der Waals surface area contributed by atoms with Crippen LogP contribution in [0.4, 0.5) is 14.5 Å². The van der Waals surface area contributed by atoms with Gasteiger partial charge < -0.3 is 21.1 Å². The van der Waals surface area contributed by atoms with E-state index in [2.05, 4.69) is 20.9 Å². The lowest BCUT2D eigenvalue weighted by atomic mass is 10.1. The Kier molecular flexibility index (Phi) is 4.25. The van der Waals surface area contributed by atoms with Gasteiger partial charge in [0.15, 0.2) is 5.96 Å². The normalized spacial score (nSPS) is 16.6. The molecule has 0 saturated heterocycles. The van der Waals surface area contributed by atoms with Crippen molar-refractivity contribution in [2.45, 2.75) is 12.8 Å². The molecule has 1 amide bonds. The summed E-state index contributed by atoms with van der Waals surface area (Å²) in [7, 11) is 0. The summed E-state index contributed by atoms with van der Waals surface area (Å²) in [4.78, 5) is 15.4. The zero-order valence-corrected chi connectivity index (χ0v) is 11.4. The van der Waals surface area contributed by atoms with E-state index in [1.54, 1.807) is 6.92 Å². The molecule has 0 radical (unpaired) electrons. The number of aromatic hydroxyl groups is 1. The molecule has 0 atom stereocenters. The van der Waals surface area contributed by atoms with Crippen LogP contribution >= 0.6 is 0 Å². The van der Waals surface area contributed by atoms with Crippen LogP contribution in [0.2, 0.25) is 0 Å². The third-order valence-corrected chi connectivity index (χ3v) is 2.76. The summed E-state index contributed by atoms with van der Waals surface area (Å²) in [5, 5.41) is 17.5. The molecule has 0 spiro atoms. The maximum absolute atomic E-state index is 12.9. The fourth-order valence-electron chi connectivity index (χ4n) is 1.82. The molecule has 0 aliphatic carbocycles. The number of amides is 1. The zero-order valence-electron chi connectivity index (χ0n) is 11.4. The maximum Gasteiger partial charge on any atom is 0.284 e. The number of benzene rings is 1. The first-order valence-electron chi connectivity index (χ1n) is 6.45. The molecule has 0 aromatic heterocycles. The molecule has 114 valence electrons. The smallest absolute Gasteiger partial charge is 0.284 e. The van der Waals surface area contributed by atoms with E-state index in [0.29, 0.717) is 12.2 Å². The van der Waals surface area contributed by atoms with Crippen molar-refractivity contribution in [1.29, 1.82) is 0 Å². The number of guanidine groups is 1. The number of alkyl halides is 2. The van der Waals surface area contributed by atoms with Gasteiger partial charge in [-0.15, -0.1) is 0 Å². The van der Waals surface area contributed by atoms with Gasteiger partial charge in [0.1, 0.15) is 12.3 Å². The maximum atomic E-state index is 12.9. The number of phenolic OH excluding ortho intramolecular Hbond substituents is 1. The molecule has 4 N–H and O–H groups in total. The van der Waals surface area contributed by atoms with Crippen molar-refractivity contribution in [2.24, 2.45) is 4.99 Å². The lowest BCUT2D eigenvalue weighted by Gasteiger charge is -2.23. The molecular formula is C13H16F2N4O2. The molecular weight excluding hydrogens is 282 g/mol. The van der Waals surface area contributed by atoms with Crippen molar-refractivity contribution in [1.82, 2.24) is 10.6 Å². The van der Waals surface area contributed by atoms with Crippen molar-refractivity contribution >= 4 is 17.6 Å². The van der Waals surface area contributed by atoms with E-state index in [-0.39, 0.29) is 23.2 Å². The summed E-state index contributed by atoms with van der Waals surface area (Å²) in [6.45, 7) is 1.12. The highest BCUT2D eigenvalue weighted by molar-refractivity contribution is 5.98. The Balaban J connectivity index is 2.14. The molecule has 1 aliphatic heterocycles. The molecule has 1 aromatic carbocycles. The highest BCUT2D eigenvalue weighted by atomic mass is 19.3. The summed E-state index contributed by atoms with van der Waals surface area (Å²) in [5.74, 6) is -3.13. The Hall–Kier alpha value is -2.38. The van der Waals surface area contributed by atoms with Crippen LogP contribution < -0.4 is 16.0 Å². The predicted octanol–water partition coefficient (Wildman–Crippen LogP) is 1.15. The lowest BCUT2D eigenvalue weighted by Crippen LogP contribution is -2.46. The molecule has 1 aromatic rings. The Labute approximate surface area is 120 Å². The fourth-order valence-corrected chi connectivity index (χ4v) is 1.82. The fraction of sp³-hybridized carbons (Fsp3) is 0.385. The van der Waals surface area contributed by atoms with Gasteiger partial charge in [-0.3, -0.25) is 4.79 Å². The number of hydrogen-bond acceptors (Lipinski definition) is 5. The van der Waals surface area contributed by atoms with Crippen LogP contribution in [-0.4, -0.2) is 42.5 Å². The topological polar surface area (TPSA) is 85.8 Å². The first-order chi connectivity index (χ1) is 9.89. The van der Waals surface area contributed by atoms with E-state index < -0.39 is 19.0 Å². The average Bonchev–Trinajstić information content (AvgIpc) is 2.41. The van der Waals surface area contributed by atoms with Crippen LogP contribution in [0.3, 0.4) is 0 Å². The minimum absolute atomic E-state index is 0.108. The second-order valence-corrected chi connectivity index (χ2v) is 4.63. The molecule has 1 aliphatic rings. The van der Waals surface area contributed by atoms with Crippen molar-refractivity contribution in [2.75, 3.05) is 25.0 Å². The van der Waals surface area contributed by atoms with E-state index >= 15 is 0 Å². The second kappa shape index (κ2) is 5.94. The number of rotatable bonds is 3. The average molecular weight is 298 g/mol. The number of anilines is 1. The van der Waals surface area contributed by atoms with E-state index in [0.717, 1.165) is 0 Å². The number of nitrogens with one attached hydrogen (secondary N) is 3. The molecule has 8 heteroatoms. The monoisotopic (exact) mass is 298 g/mol. The number of carbonyl (C=O) groups is 1. The van der Waals surface area contributed by atoms with Gasteiger partial charge in [0.2, 0.25) is 0 Å². The number of halogens is 2. The minimum atomic E-state index is -2.86. The standard InChI is InChI=1S/C13H16F2N4O2/c1-2-16-11(21)8-3-9(5-10(20)4-8)19-12-17-6-13(14,15)7-18-12/h3-5,20H,2,6-7H2,1H3,(H,16,21)(H2,17,18,19). The number of aliphatic imine (C=N–C) groups is 1. The van der Waals surface area contributed by atoms with Crippen molar-refractivity contribution in [3.05, 3.63) is 23.8 Å². The molecule has 1 heterocycles. The van der Waals surface area contributed by atoms with Gasteiger partial charge in [-0.25, -0.2) is 13.8 Å². The van der Waals surface area contributed by atoms with Crippen molar-refractivity contribution in [3.63, 3.8) is 0 Å². The van der Waals surface area contributed by atoms with Gasteiger partial charge in [0.25, 0.3) is 11.8 Å². The molecule has 6 nitrogen and oxygen atoms in total. The van der Waals surface area contributed by atoms with Crippen LogP contribution in [0.15, 0.2) is 23.2 Å². The second-order valence-electron chi connectivity index (χ2n) is 4.63. The van der Waals surface area contributed by atoms with Gasteiger partial charge in [0.05, 0.1) is 6.54 Å². The van der Waals surface area contributed by atoms with Crippen LogP contribution in [0, 0.1) is 0 Å². The van der Waals surface area contributed by atoms with Gasteiger partial charge >= 0.3 is 0 Å². The van der Waals surface area contributed by atoms with Gasteiger partial charge in [-0.1, -0.05) is 0 Å². The first-order valence-corrected chi connectivity index (χ1v) is 6.45. The molecule has 0 fully saturated rings. The molecule has 0 saturated carbocycles. The van der Waals surface area contributed by atoms with Crippen LogP contribution in [-0.2, 0) is 0 Å². The summed E-state index contributed by atoms with van der Waals surface area (Å²) >= 11 is 0. The molecule has 0 unspecified atom stereocenters. The summed E-state index contributed by atoms with van der Waals surface area (Å²) in [6.07, 6.45) is 0. The summed E-state index contributed by atoms with van der Waals surface area (Å²) in [6, 6.07) is 4.20. The highest BCUT2D eigenvalue weighted by Crippen LogP contribution is 2.21. The van der Waals surface area contributed by atoms with E-state index in [1.807, 2.05) is 0 Å². The molecule has 21 heavy (non-hydrogen) atoms. The molecule has 0 bridgehead atoms. The SMILES string of the molecule is CCNC(=O)c1cc(O)cc(NC2=NCC(F)(F)CN2)c1. The summed E-state index contributed by atoms with van der Waals surface area (Å²) < 4.78 is 25.9. The largest absolute Gasteiger partial charge is 0.508 e. The van der Waals surface area contributed by atoms with E-state index in [4.69, 9.17) is 0 Å². The van der Waals surface area contributed by atoms with E-state index in [1.165, 1.54) is 18.2 Å². The van der Waals surface area contributed by atoms with Crippen molar-refractivity contribution in [3.8, 4) is 5.75 Å². The quantitative estimate of drug-likeness (QED) is 0.674. The van der Waals surface area contributed by atoms with Crippen LogP contribution in [0.25, 0.3) is 0 Å². The summed E-state index contributed by atoms with van der Waals surface area (Å²) in [5.41, 5.74) is 0.647. The van der Waals surface area contributed by atoms with Crippen molar-refractivity contribution < 1.29 is 18.7 Å². The minimum Gasteiger partial charge on any atom is -0.508 e. The van der Waals surface area contributed by atoms with Gasteiger partial charge in [-0.2, -0.15) is 0 Å². The van der Waals surface area contributed by atoms with Crippen LogP contribution in [0.1, 0.15) is 17.3 Å².